The summed E-state index contributed by atoms with van der Waals surface area (Å²) in [6.07, 6.45) is 0. The van der Waals surface area contributed by atoms with Crippen LogP contribution in [-0.4, -0.2) is 18.8 Å². The Bertz CT molecular complexity index is 585. The van der Waals surface area contributed by atoms with Crippen LogP contribution >= 0.6 is 0 Å². The van der Waals surface area contributed by atoms with Crippen molar-refractivity contribution >= 4 is 0 Å². The first kappa shape index (κ1) is 14.3. The van der Waals surface area contributed by atoms with E-state index in [4.69, 9.17) is 9.84 Å². The SMILES string of the molecule is COc1cccc(-c2ccc(CO)c(OC(F)F)c2)c1. The average Bonchev–Trinajstić information content (AvgIpc) is 2.46. The maximum Gasteiger partial charge on any atom is 0.387 e. The van der Waals surface area contributed by atoms with Gasteiger partial charge in [-0.2, -0.15) is 8.78 Å². The Morgan fingerprint density at radius 2 is 1.85 bits per heavy atom. The fourth-order valence-electron chi connectivity index (χ4n) is 1.87. The van der Waals surface area contributed by atoms with Gasteiger partial charge >= 0.3 is 6.61 Å². The third kappa shape index (κ3) is 3.24. The maximum atomic E-state index is 12.4. The summed E-state index contributed by atoms with van der Waals surface area (Å²) >= 11 is 0. The summed E-state index contributed by atoms with van der Waals surface area (Å²) in [7, 11) is 1.55. The molecule has 0 aliphatic rings. The van der Waals surface area contributed by atoms with Crippen molar-refractivity contribution in [2.24, 2.45) is 0 Å². The highest BCUT2D eigenvalue weighted by Crippen LogP contribution is 2.30. The number of rotatable bonds is 5. The van der Waals surface area contributed by atoms with E-state index < -0.39 is 6.61 Å². The summed E-state index contributed by atoms with van der Waals surface area (Å²) in [6.45, 7) is -3.29. The summed E-state index contributed by atoms with van der Waals surface area (Å²) in [5.74, 6) is 0.646. The predicted molar refractivity (Wildman–Crippen MR) is 71.0 cm³/mol. The molecule has 0 radical (unpaired) electrons. The predicted octanol–water partition coefficient (Wildman–Crippen LogP) is 3.46. The summed E-state index contributed by atoms with van der Waals surface area (Å²) in [5.41, 5.74) is 1.83. The monoisotopic (exact) mass is 280 g/mol. The minimum Gasteiger partial charge on any atom is -0.497 e. The normalized spacial score (nSPS) is 10.7. The molecule has 0 spiro atoms. The van der Waals surface area contributed by atoms with Crippen LogP contribution < -0.4 is 9.47 Å². The van der Waals surface area contributed by atoms with E-state index in [9.17, 15) is 8.78 Å². The largest absolute Gasteiger partial charge is 0.497 e. The van der Waals surface area contributed by atoms with E-state index in [1.165, 1.54) is 6.07 Å². The van der Waals surface area contributed by atoms with Gasteiger partial charge in [0.05, 0.1) is 13.7 Å². The summed E-state index contributed by atoms with van der Waals surface area (Å²) in [5, 5.41) is 9.13. The molecule has 0 heterocycles. The molecule has 0 bridgehead atoms. The van der Waals surface area contributed by atoms with Crippen LogP contribution in [0.2, 0.25) is 0 Å². The maximum absolute atomic E-state index is 12.4. The van der Waals surface area contributed by atoms with E-state index in [0.717, 1.165) is 5.56 Å². The van der Waals surface area contributed by atoms with Gasteiger partial charge in [-0.25, -0.2) is 0 Å². The van der Waals surface area contributed by atoms with Gasteiger partial charge in [0.15, 0.2) is 0 Å². The van der Waals surface area contributed by atoms with Gasteiger partial charge in [-0.3, -0.25) is 0 Å². The van der Waals surface area contributed by atoms with E-state index in [2.05, 4.69) is 4.74 Å². The number of methoxy groups -OCH3 is 1. The lowest BCUT2D eigenvalue weighted by molar-refractivity contribution is -0.0509. The van der Waals surface area contributed by atoms with Gasteiger partial charge in [-0.1, -0.05) is 24.3 Å². The number of hydrogen-bond acceptors (Lipinski definition) is 3. The third-order valence-corrected chi connectivity index (χ3v) is 2.86. The fourth-order valence-corrected chi connectivity index (χ4v) is 1.87. The zero-order valence-electron chi connectivity index (χ0n) is 10.8. The van der Waals surface area contributed by atoms with Crippen LogP contribution in [0.3, 0.4) is 0 Å². The minimum absolute atomic E-state index is 0.0252. The topological polar surface area (TPSA) is 38.7 Å². The molecule has 5 heteroatoms. The van der Waals surface area contributed by atoms with Crippen molar-refractivity contribution in [2.75, 3.05) is 7.11 Å². The molecule has 3 nitrogen and oxygen atoms in total. The molecular formula is C15H14F2O3. The second-order valence-electron chi connectivity index (χ2n) is 4.09. The van der Waals surface area contributed by atoms with Crippen molar-refractivity contribution in [2.45, 2.75) is 13.2 Å². The van der Waals surface area contributed by atoms with Gasteiger partial charge < -0.3 is 14.6 Å². The smallest absolute Gasteiger partial charge is 0.387 e. The lowest BCUT2D eigenvalue weighted by atomic mass is 10.0. The van der Waals surface area contributed by atoms with E-state index in [-0.39, 0.29) is 12.4 Å². The molecule has 0 unspecified atom stereocenters. The van der Waals surface area contributed by atoms with Crippen molar-refractivity contribution in [1.82, 2.24) is 0 Å². The van der Waals surface area contributed by atoms with Gasteiger partial charge in [-0.05, 0) is 29.3 Å². The van der Waals surface area contributed by atoms with E-state index in [0.29, 0.717) is 16.9 Å². The van der Waals surface area contributed by atoms with Crippen molar-refractivity contribution < 1.29 is 23.4 Å². The first-order valence-electron chi connectivity index (χ1n) is 5.97. The molecule has 0 aliphatic carbocycles. The number of ether oxygens (including phenoxy) is 2. The Morgan fingerprint density at radius 3 is 2.50 bits per heavy atom. The van der Waals surface area contributed by atoms with Crippen LogP contribution in [0.5, 0.6) is 11.5 Å². The van der Waals surface area contributed by atoms with Gasteiger partial charge in [0, 0.05) is 5.56 Å². The standard InChI is InChI=1S/C15H14F2O3/c1-19-13-4-2-3-10(7-13)11-5-6-12(9-18)14(8-11)20-15(16)17/h2-8,15,18H,9H2,1H3. The quantitative estimate of drug-likeness (QED) is 0.911. The Balaban J connectivity index is 2.41. The molecule has 0 aliphatic heterocycles. The summed E-state index contributed by atoms with van der Waals surface area (Å²) in [4.78, 5) is 0. The fraction of sp³-hybridized carbons (Fsp3) is 0.200. The lowest BCUT2D eigenvalue weighted by Crippen LogP contribution is -2.04. The molecule has 0 saturated heterocycles. The number of halogens is 2. The van der Waals surface area contributed by atoms with Crippen molar-refractivity contribution in [3.05, 3.63) is 48.0 Å². The zero-order valence-corrected chi connectivity index (χ0v) is 10.8. The van der Waals surface area contributed by atoms with Crippen LogP contribution in [0.4, 0.5) is 8.78 Å². The Hall–Kier alpha value is -2.14. The van der Waals surface area contributed by atoms with Gasteiger partial charge in [0.1, 0.15) is 11.5 Å². The number of aliphatic hydroxyl groups excluding tert-OH is 1. The Morgan fingerprint density at radius 1 is 1.10 bits per heavy atom. The molecule has 106 valence electrons. The zero-order chi connectivity index (χ0) is 14.5. The first-order valence-corrected chi connectivity index (χ1v) is 5.97. The van der Waals surface area contributed by atoms with Crippen LogP contribution in [0.25, 0.3) is 11.1 Å². The second-order valence-corrected chi connectivity index (χ2v) is 4.09. The average molecular weight is 280 g/mol. The highest BCUT2D eigenvalue weighted by molar-refractivity contribution is 5.67. The molecular weight excluding hydrogens is 266 g/mol. The van der Waals surface area contributed by atoms with Crippen LogP contribution in [-0.2, 0) is 6.61 Å². The minimum atomic E-state index is -2.93. The third-order valence-electron chi connectivity index (χ3n) is 2.86. The molecule has 0 aromatic heterocycles. The molecule has 2 aromatic carbocycles. The van der Waals surface area contributed by atoms with Gasteiger partial charge in [0.2, 0.25) is 0 Å². The summed E-state index contributed by atoms with van der Waals surface area (Å²) < 4.78 is 34.3. The number of hydrogen-bond donors (Lipinski definition) is 1. The van der Waals surface area contributed by atoms with E-state index in [1.54, 1.807) is 31.4 Å². The second kappa shape index (κ2) is 6.34. The Labute approximate surface area is 115 Å². The first-order chi connectivity index (χ1) is 9.63. The number of alkyl halides is 2. The van der Waals surface area contributed by atoms with E-state index >= 15 is 0 Å². The van der Waals surface area contributed by atoms with Crippen molar-refractivity contribution in [3.8, 4) is 22.6 Å². The van der Waals surface area contributed by atoms with Crippen molar-refractivity contribution in [1.29, 1.82) is 0 Å². The Kier molecular flexibility index (Phi) is 4.53. The molecule has 1 N–H and O–H groups in total. The lowest BCUT2D eigenvalue weighted by Gasteiger charge is -2.12. The highest BCUT2D eigenvalue weighted by atomic mass is 19.3. The molecule has 0 amide bonds. The number of aliphatic hydroxyl groups is 1. The highest BCUT2D eigenvalue weighted by Gasteiger charge is 2.11. The molecule has 0 atom stereocenters. The summed E-state index contributed by atoms with van der Waals surface area (Å²) in [6, 6.07) is 12.0. The van der Waals surface area contributed by atoms with Gasteiger partial charge in [0.25, 0.3) is 0 Å². The van der Waals surface area contributed by atoms with Crippen LogP contribution in [0.1, 0.15) is 5.56 Å². The molecule has 2 rings (SSSR count). The van der Waals surface area contributed by atoms with Crippen LogP contribution in [0, 0.1) is 0 Å². The van der Waals surface area contributed by atoms with Gasteiger partial charge in [-0.15, -0.1) is 0 Å². The van der Waals surface area contributed by atoms with E-state index in [1.807, 2.05) is 12.1 Å². The van der Waals surface area contributed by atoms with Crippen molar-refractivity contribution in [3.63, 3.8) is 0 Å². The molecule has 0 fully saturated rings. The van der Waals surface area contributed by atoms with Crippen LogP contribution in [0.15, 0.2) is 42.5 Å². The molecule has 20 heavy (non-hydrogen) atoms. The number of benzene rings is 2. The molecule has 0 saturated carbocycles. The molecule has 2 aromatic rings.